The van der Waals surface area contributed by atoms with Gasteiger partial charge < -0.3 is 4.74 Å². The first-order chi connectivity index (χ1) is 25.5. The second kappa shape index (κ2) is 13.4. The summed E-state index contributed by atoms with van der Waals surface area (Å²) in [5, 5.41) is 0.270. The molecule has 5 aromatic carbocycles. The number of ether oxygens (including phenoxy) is 1. The van der Waals surface area contributed by atoms with E-state index in [1.54, 1.807) is 0 Å². The summed E-state index contributed by atoms with van der Waals surface area (Å²) in [7, 11) is 0. The molecule has 3 unspecified atom stereocenters. The highest BCUT2D eigenvalue weighted by Crippen LogP contribution is 2.51. The molecule has 0 aliphatic carbocycles. The molecule has 2 saturated heterocycles. The van der Waals surface area contributed by atoms with Crippen LogP contribution in [0.25, 0.3) is 0 Å². The van der Waals surface area contributed by atoms with E-state index in [-0.39, 0.29) is 16.1 Å². The number of fused-ring (bicyclic) bond motifs is 2. The predicted molar refractivity (Wildman–Crippen MR) is 215 cm³/mol. The molecule has 2 fully saturated rings. The average molecular weight is 737 g/mol. The summed E-state index contributed by atoms with van der Waals surface area (Å²) in [6.45, 7) is 7.89. The number of carbonyl (C=O) groups excluding carboxylic acids is 3. The zero-order valence-electron chi connectivity index (χ0n) is 29.6. The van der Waals surface area contributed by atoms with Crippen LogP contribution in [-0.2, 0) is 14.4 Å². The van der Waals surface area contributed by atoms with Gasteiger partial charge in [-0.15, -0.1) is 0 Å². The smallest absolute Gasteiger partial charge is 0.246 e. The third kappa shape index (κ3) is 5.78. The number of hydrogen-bond donors (Lipinski definition) is 0. The van der Waals surface area contributed by atoms with E-state index < -0.39 is 35.8 Å². The van der Waals surface area contributed by atoms with Crippen LogP contribution in [0.2, 0.25) is 0 Å². The Labute approximate surface area is 319 Å². The Hall–Kier alpha value is -5.71. The van der Waals surface area contributed by atoms with Gasteiger partial charge in [0.05, 0.1) is 17.1 Å². The van der Waals surface area contributed by atoms with Crippen molar-refractivity contribution in [2.75, 3.05) is 19.6 Å². The summed E-state index contributed by atoms with van der Waals surface area (Å²) >= 11 is 12.1. The number of hydrogen-bond acceptors (Lipinski definition) is 6. The average Bonchev–Trinajstić information content (AvgIpc) is 3.14. The Morgan fingerprint density at radius 2 is 0.868 bits per heavy atom. The number of anilines is 4. The molecule has 3 amide bonds. The lowest BCUT2D eigenvalue weighted by molar-refractivity contribution is -0.137. The van der Waals surface area contributed by atoms with E-state index in [4.69, 9.17) is 29.2 Å². The van der Waals surface area contributed by atoms with Crippen LogP contribution in [0.4, 0.5) is 22.7 Å². The Balaban J connectivity index is 1.35. The third-order valence-corrected chi connectivity index (χ3v) is 11.0. The molecule has 264 valence electrons. The van der Waals surface area contributed by atoms with Crippen LogP contribution in [0, 0.1) is 39.5 Å². The zero-order valence-corrected chi connectivity index (χ0v) is 31.2. The second-order valence-electron chi connectivity index (χ2n) is 13.9. The molecule has 0 radical (unpaired) electrons. The van der Waals surface area contributed by atoms with E-state index in [1.165, 1.54) is 14.7 Å². The highest BCUT2D eigenvalue weighted by Gasteiger charge is 2.60. The van der Waals surface area contributed by atoms with Gasteiger partial charge in [-0.3, -0.25) is 34.0 Å². The standard InChI is InChI=1S/C43H36N4O4S2/c1-25-9-17-29(18-10-25)44-38(48)36(39(49)45(42(44)52)30-19-11-26(2)12-20-30)35-33-7-5-6-8-34(33)51-41-37(35)40(50)46(31-21-13-27(3)14-22-31)43(53)47(41)32-23-15-28(4)16-24-32/h5-24,35-37,41H,1-4H3. The molecule has 3 atom stereocenters. The molecule has 3 heterocycles. The van der Waals surface area contributed by atoms with Gasteiger partial charge in [0, 0.05) is 11.6 Å². The summed E-state index contributed by atoms with van der Waals surface area (Å²) in [4.78, 5) is 51.8. The van der Waals surface area contributed by atoms with Crippen LogP contribution in [-0.4, -0.2) is 34.2 Å². The monoisotopic (exact) mass is 736 g/mol. The van der Waals surface area contributed by atoms with Crippen LogP contribution in [0.5, 0.6) is 5.75 Å². The lowest BCUT2D eigenvalue weighted by atomic mass is 9.70. The molecule has 3 aliphatic heterocycles. The van der Waals surface area contributed by atoms with Crippen molar-refractivity contribution in [3.8, 4) is 5.75 Å². The van der Waals surface area contributed by atoms with E-state index in [2.05, 4.69) is 0 Å². The second-order valence-corrected chi connectivity index (χ2v) is 14.6. The van der Waals surface area contributed by atoms with Gasteiger partial charge in [0.15, 0.2) is 16.5 Å². The first-order valence-corrected chi connectivity index (χ1v) is 18.3. The molecule has 8 rings (SSSR count). The molecule has 0 saturated carbocycles. The minimum Gasteiger partial charge on any atom is -0.469 e. The van der Waals surface area contributed by atoms with E-state index >= 15 is 14.4 Å². The van der Waals surface area contributed by atoms with Crippen molar-refractivity contribution in [1.82, 2.24) is 0 Å². The molecule has 0 bridgehead atoms. The van der Waals surface area contributed by atoms with Crippen molar-refractivity contribution in [3.05, 3.63) is 149 Å². The Bertz CT molecular complexity index is 2220. The summed E-state index contributed by atoms with van der Waals surface area (Å²) < 4.78 is 6.75. The number of amides is 3. The molecule has 3 aliphatic rings. The van der Waals surface area contributed by atoms with Gasteiger partial charge in [0.2, 0.25) is 17.7 Å². The maximum absolute atomic E-state index is 15.3. The van der Waals surface area contributed by atoms with Gasteiger partial charge in [-0.05, 0) is 112 Å². The normalized spacial score (nSPS) is 20.4. The fourth-order valence-corrected chi connectivity index (χ4v) is 8.31. The molecule has 0 spiro atoms. The van der Waals surface area contributed by atoms with E-state index in [1.807, 2.05) is 154 Å². The van der Waals surface area contributed by atoms with Crippen molar-refractivity contribution in [1.29, 1.82) is 0 Å². The minimum atomic E-state index is -1.36. The largest absolute Gasteiger partial charge is 0.469 e. The molecule has 8 nitrogen and oxygen atoms in total. The molecule has 0 aromatic heterocycles. The van der Waals surface area contributed by atoms with Gasteiger partial charge >= 0.3 is 0 Å². The molecule has 0 N–H and O–H groups in total. The number of nitrogens with zero attached hydrogens (tertiary/aromatic N) is 4. The molecular formula is C43H36N4O4S2. The molecular weight excluding hydrogens is 701 g/mol. The fourth-order valence-electron chi connectivity index (χ4n) is 7.51. The SMILES string of the molecule is Cc1ccc(N2C(=O)C(C3c4ccccc4OC4C3C(=O)N(c3ccc(C)cc3)C(=S)N4c3ccc(C)cc3)C(=O)N(c3ccc(C)cc3)C2=S)cc1. The molecule has 10 heteroatoms. The van der Waals surface area contributed by atoms with Gasteiger partial charge in [-0.1, -0.05) is 89.0 Å². The van der Waals surface area contributed by atoms with Gasteiger partial charge in [0.25, 0.3) is 0 Å². The Kier molecular flexibility index (Phi) is 8.67. The number of rotatable bonds is 5. The maximum atomic E-state index is 15.3. The van der Waals surface area contributed by atoms with Crippen molar-refractivity contribution >= 4 is 75.1 Å². The van der Waals surface area contributed by atoms with E-state index in [0.29, 0.717) is 34.1 Å². The maximum Gasteiger partial charge on any atom is 0.246 e. The Morgan fingerprint density at radius 1 is 0.472 bits per heavy atom. The highest BCUT2D eigenvalue weighted by molar-refractivity contribution is 7.81. The zero-order chi connectivity index (χ0) is 37.1. The summed E-state index contributed by atoms with van der Waals surface area (Å²) in [6.07, 6.45) is -0.977. The number of aryl methyl sites for hydroxylation is 4. The van der Waals surface area contributed by atoms with Gasteiger partial charge in [-0.25, -0.2) is 0 Å². The quantitative estimate of drug-likeness (QED) is 0.133. The lowest BCUT2D eigenvalue weighted by Gasteiger charge is -2.52. The summed E-state index contributed by atoms with van der Waals surface area (Å²) in [6, 6.07) is 37.6. The van der Waals surface area contributed by atoms with Crippen LogP contribution in [0.3, 0.4) is 0 Å². The fraction of sp³-hybridized carbons (Fsp3) is 0.186. The van der Waals surface area contributed by atoms with E-state index in [0.717, 1.165) is 22.3 Å². The first kappa shape index (κ1) is 34.4. The van der Waals surface area contributed by atoms with Crippen LogP contribution < -0.4 is 24.3 Å². The van der Waals surface area contributed by atoms with Gasteiger partial charge in [0.1, 0.15) is 17.6 Å². The third-order valence-electron chi connectivity index (χ3n) is 10.3. The van der Waals surface area contributed by atoms with Crippen LogP contribution >= 0.6 is 24.4 Å². The van der Waals surface area contributed by atoms with Crippen LogP contribution in [0.15, 0.2) is 121 Å². The number of para-hydroxylation sites is 1. The number of thiocarbonyl (C=S) groups is 2. The van der Waals surface area contributed by atoms with Crippen molar-refractivity contribution in [2.24, 2.45) is 11.8 Å². The predicted octanol–water partition coefficient (Wildman–Crippen LogP) is 8.16. The topological polar surface area (TPSA) is 73.4 Å². The van der Waals surface area contributed by atoms with Crippen molar-refractivity contribution < 1.29 is 19.1 Å². The Morgan fingerprint density at radius 3 is 1.32 bits per heavy atom. The van der Waals surface area contributed by atoms with Gasteiger partial charge in [-0.2, -0.15) is 0 Å². The lowest BCUT2D eigenvalue weighted by Crippen LogP contribution is -2.69. The highest BCUT2D eigenvalue weighted by atomic mass is 32.1. The molecule has 5 aromatic rings. The van der Waals surface area contributed by atoms with Crippen molar-refractivity contribution in [2.45, 2.75) is 39.8 Å². The summed E-state index contributed by atoms with van der Waals surface area (Å²) in [5.74, 6) is -4.32. The number of carbonyl (C=O) groups is 3. The van der Waals surface area contributed by atoms with Crippen molar-refractivity contribution in [3.63, 3.8) is 0 Å². The molecule has 53 heavy (non-hydrogen) atoms. The van der Waals surface area contributed by atoms with E-state index in [9.17, 15) is 0 Å². The number of benzene rings is 5. The van der Waals surface area contributed by atoms with Crippen LogP contribution in [0.1, 0.15) is 33.7 Å². The minimum absolute atomic E-state index is 0.0413. The first-order valence-electron chi connectivity index (χ1n) is 17.4. The summed E-state index contributed by atoms with van der Waals surface area (Å²) in [5.41, 5.74) is 6.99.